The van der Waals surface area contributed by atoms with Gasteiger partial charge in [0, 0.05) is 12.6 Å². The summed E-state index contributed by atoms with van der Waals surface area (Å²) in [6.07, 6.45) is 0.655. The molecule has 27 heavy (non-hydrogen) atoms. The first kappa shape index (κ1) is 20.9. The summed E-state index contributed by atoms with van der Waals surface area (Å²) >= 11 is 0. The third kappa shape index (κ3) is 4.86. The summed E-state index contributed by atoms with van der Waals surface area (Å²) in [5, 5.41) is 14.9. The third-order valence-corrected chi connectivity index (χ3v) is 4.88. The molecule has 1 heterocycles. The van der Waals surface area contributed by atoms with Gasteiger partial charge in [0.15, 0.2) is 0 Å². The van der Waals surface area contributed by atoms with Crippen LogP contribution >= 0.6 is 0 Å². The highest BCUT2D eigenvalue weighted by Crippen LogP contribution is 2.28. The molecule has 0 radical (unpaired) electrons. The highest BCUT2D eigenvalue weighted by molar-refractivity contribution is 5.90. The van der Waals surface area contributed by atoms with Crippen molar-refractivity contribution in [2.45, 2.75) is 52.7 Å². The Morgan fingerprint density at radius 2 is 1.93 bits per heavy atom. The largest absolute Gasteiger partial charge is 0.478 e. The van der Waals surface area contributed by atoms with Gasteiger partial charge in [-0.3, -0.25) is 9.59 Å². The van der Waals surface area contributed by atoms with Crippen molar-refractivity contribution in [2.24, 2.45) is 5.41 Å². The molecule has 3 N–H and O–H groups in total. The van der Waals surface area contributed by atoms with Crippen LogP contribution in [0.5, 0.6) is 0 Å². The maximum atomic E-state index is 13.3. The lowest BCUT2D eigenvalue weighted by Gasteiger charge is -2.40. The van der Waals surface area contributed by atoms with E-state index >= 15 is 0 Å². The fourth-order valence-electron chi connectivity index (χ4n) is 3.36. The number of likely N-dealkylation sites (N-methyl/N-ethyl adjacent to an activating group) is 1. The molecule has 1 aromatic carbocycles. The first-order valence-corrected chi connectivity index (χ1v) is 9.14. The molecule has 0 fully saturated rings. The SMILES string of the molecule is CNCC(=O)NC(C(=O)N1Cc2cc(C(=O)O)ccc2CC1C)C(C)(C)C. The van der Waals surface area contributed by atoms with Gasteiger partial charge in [-0.05, 0) is 49.1 Å². The minimum Gasteiger partial charge on any atom is -0.478 e. The number of hydrogen-bond acceptors (Lipinski definition) is 4. The third-order valence-electron chi connectivity index (χ3n) is 4.88. The van der Waals surface area contributed by atoms with Crippen molar-refractivity contribution in [3.63, 3.8) is 0 Å². The second-order valence-electron chi connectivity index (χ2n) is 8.20. The van der Waals surface area contributed by atoms with Crippen LogP contribution in [0.4, 0.5) is 0 Å². The molecule has 7 heteroatoms. The maximum Gasteiger partial charge on any atom is 0.335 e. The van der Waals surface area contributed by atoms with Crippen molar-refractivity contribution in [3.8, 4) is 0 Å². The molecule has 2 rings (SSSR count). The van der Waals surface area contributed by atoms with E-state index in [9.17, 15) is 19.5 Å². The Hall–Kier alpha value is -2.41. The number of nitrogens with zero attached hydrogens (tertiary/aromatic N) is 1. The summed E-state index contributed by atoms with van der Waals surface area (Å²) in [6.45, 7) is 8.20. The van der Waals surface area contributed by atoms with Crippen LogP contribution in [0.3, 0.4) is 0 Å². The lowest BCUT2D eigenvalue weighted by atomic mass is 9.84. The molecule has 0 bridgehead atoms. The Morgan fingerprint density at radius 1 is 1.26 bits per heavy atom. The molecule has 2 unspecified atom stereocenters. The Bertz CT molecular complexity index is 739. The number of carboxylic acids is 1. The van der Waals surface area contributed by atoms with Crippen molar-refractivity contribution >= 4 is 17.8 Å². The van der Waals surface area contributed by atoms with Crippen LogP contribution in [0.25, 0.3) is 0 Å². The zero-order valence-corrected chi connectivity index (χ0v) is 16.6. The van der Waals surface area contributed by atoms with Gasteiger partial charge in [0.1, 0.15) is 6.04 Å². The molecule has 2 atom stereocenters. The number of rotatable bonds is 5. The van der Waals surface area contributed by atoms with E-state index in [4.69, 9.17) is 0 Å². The minimum atomic E-state index is -0.985. The molecule has 0 saturated heterocycles. The topological polar surface area (TPSA) is 98.7 Å². The first-order valence-electron chi connectivity index (χ1n) is 9.14. The van der Waals surface area contributed by atoms with E-state index in [2.05, 4.69) is 10.6 Å². The zero-order chi connectivity index (χ0) is 20.4. The quantitative estimate of drug-likeness (QED) is 0.723. The summed E-state index contributed by atoms with van der Waals surface area (Å²) in [4.78, 5) is 38.4. The highest BCUT2D eigenvalue weighted by atomic mass is 16.4. The van der Waals surface area contributed by atoms with Gasteiger partial charge < -0.3 is 20.6 Å². The molecule has 148 valence electrons. The second-order valence-corrected chi connectivity index (χ2v) is 8.20. The Balaban J connectivity index is 2.28. The van der Waals surface area contributed by atoms with Crippen molar-refractivity contribution < 1.29 is 19.5 Å². The van der Waals surface area contributed by atoms with E-state index in [1.807, 2.05) is 33.8 Å². The number of benzene rings is 1. The number of amides is 2. The molecule has 1 aromatic rings. The molecular weight excluding hydrogens is 346 g/mol. The van der Waals surface area contributed by atoms with Crippen molar-refractivity contribution in [1.82, 2.24) is 15.5 Å². The van der Waals surface area contributed by atoms with Crippen molar-refractivity contribution in [2.75, 3.05) is 13.6 Å². The fraction of sp³-hybridized carbons (Fsp3) is 0.550. The van der Waals surface area contributed by atoms with E-state index in [0.29, 0.717) is 13.0 Å². The maximum absolute atomic E-state index is 13.3. The minimum absolute atomic E-state index is 0.0354. The summed E-state index contributed by atoms with van der Waals surface area (Å²) < 4.78 is 0. The molecule has 0 spiro atoms. The molecule has 2 amide bonds. The zero-order valence-electron chi connectivity index (χ0n) is 16.6. The van der Waals surface area contributed by atoms with Gasteiger partial charge in [-0.25, -0.2) is 4.79 Å². The monoisotopic (exact) mass is 375 g/mol. The van der Waals surface area contributed by atoms with Gasteiger partial charge in [-0.2, -0.15) is 0 Å². The standard InChI is InChI=1S/C20H29N3O4/c1-12-8-13-6-7-14(19(26)27)9-15(13)11-23(12)18(25)17(20(2,3)4)22-16(24)10-21-5/h6-7,9,12,17,21H,8,10-11H2,1-5H3,(H,22,24)(H,26,27). The normalized spacial score (nSPS) is 17.8. The summed E-state index contributed by atoms with van der Waals surface area (Å²) in [5.41, 5.74) is 1.66. The molecular formula is C20H29N3O4. The number of carboxylic acid groups (broad SMARTS) is 1. The predicted molar refractivity (Wildman–Crippen MR) is 102 cm³/mol. The first-order chi connectivity index (χ1) is 12.5. The molecule has 1 aliphatic rings. The Kier molecular flexibility index (Phi) is 6.26. The lowest BCUT2D eigenvalue weighted by Crippen LogP contribution is -2.58. The van der Waals surface area contributed by atoms with E-state index in [-0.39, 0.29) is 30.0 Å². The molecule has 0 aliphatic carbocycles. The van der Waals surface area contributed by atoms with Crippen LogP contribution in [-0.4, -0.2) is 53.5 Å². The van der Waals surface area contributed by atoms with E-state index in [1.165, 1.54) is 0 Å². The highest BCUT2D eigenvalue weighted by Gasteiger charge is 2.38. The van der Waals surface area contributed by atoms with Gasteiger partial charge >= 0.3 is 5.97 Å². The Morgan fingerprint density at radius 3 is 2.48 bits per heavy atom. The van der Waals surface area contributed by atoms with Gasteiger partial charge in [0.25, 0.3) is 0 Å². The number of carbonyl (C=O) groups excluding carboxylic acids is 2. The van der Waals surface area contributed by atoms with Crippen LogP contribution in [-0.2, 0) is 22.6 Å². The van der Waals surface area contributed by atoms with E-state index in [0.717, 1.165) is 11.1 Å². The molecule has 1 aliphatic heterocycles. The van der Waals surface area contributed by atoms with Gasteiger partial charge in [-0.15, -0.1) is 0 Å². The van der Waals surface area contributed by atoms with Gasteiger partial charge in [0.05, 0.1) is 12.1 Å². The summed E-state index contributed by atoms with van der Waals surface area (Å²) in [7, 11) is 1.68. The van der Waals surface area contributed by atoms with E-state index in [1.54, 1.807) is 24.1 Å². The van der Waals surface area contributed by atoms with Crippen LogP contribution < -0.4 is 10.6 Å². The van der Waals surface area contributed by atoms with Crippen LogP contribution in [0.2, 0.25) is 0 Å². The number of hydrogen-bond donors (Lipinski definition) is 3. The molecule has 0 aromatic heterocycles. The summed E-state index contributed by atoms with van der Waals surface area (Å²) in [6, 6.07) is 4.36. The van der Waals surface area contributed by atoms with Crippen LogP contribution in [0.15, 0.2) is 18.2 Å². The summed E-state index contributed by atoms with van der Waals surface area (Å²) in [5.74, 6) is -1.36. The number of carbonyl (C=O) groups is 3. The average Bonchev–Trinajstić information content (AvgIpc) is 2.57. The van der Waals surface area contributed by atoms with Crippen molar-refractivity contribution in [3.05, 3.63) is 34.9 Å². The second kappa shape index (κ2) is 8.08. The van der Waals surface area contributed by atoms with Crippen molar-refractivity contribution in [1.29, 1.82) is 0 Å². The van der Waals surface area contributed by atoms with E-state index < -0.39 is 17.4 Å². The smallest absolute Gasteiger partial charge is 0.335 e. The average molecular weight is 375 g/mol. The number of aromatic carboxylic acids is 1. The predicted octanol–water partition coefficient (Wildman–Crippen LogP) is 1.41. The van der Waals surface area contributed by atoms with Gasteiger partial charge in [-0.1, -0.05) is 26.8 Å². The molecule has 0 saturated carbocycles. The molecule has 7 nitrogen and oxygen atoms in total. The number of nitrogens with one attached hydrogen (secondary N) is 2. The lowest BCUT2D eigenvalue weighted by molar-refractivity contribution is -0.142. The van der Waals surface area contributed by atoms with Crippen LogP contribution in [0.1, 0.15) is 49.2 Å². The van der Waals surface area contributed by atoms with Crippen LogP contribution in [0, 0.1) is 5.41 Å². The number of fused-ring (bicyclic) bond motifs is 1. The van der Waals surface area contributed by atoms with Gasteiger partial charge in [0.2, 0.25) is 11.8 Å². The fourth-order valence-corrected chi connectivity index (χ4v) is 3.36. The Labute approximate surface area is 160 Å².